The number of carboxylic acids is 2. The Morgan fingerprint density at radius 3 is 2.30 bits per heavy atom. The molecule has 0 saturated carbocycles. The number of hydrogen-bond donors (Lipinski definition) is 3. The first-order valence-electron chi connectivity index (χ1n) is 11.7. The number of aromatic carboxylic acids is 2. The van der Waals surface area contributed by atoms with E-state index in [0.717, 1.165) is 23.9 Å². The highest BCUT2D eigenvalue weighted by Gasteiger charge is 2.42. The van der Waals surface area contributed by atoms with Crippen molar-refractivity contribution in [1.29, 1.82) is 0 Å². The van der Waals surface area contributed by atoms with Crippen LogP contribution in [0.5, 0.6) is 0 Å². The van der Waals surface area contributed by atoms with Crippen molar-refractivity contribution in [3.63, 3.8) is 0 Å². The van der Waals surface area contributed by atoms with Crippen LogP contribution in [0.25, 0.3) is 11.3 Å². The van der Waals surface area contributed by atoms with E-state index < -0.39 is 18.0 Å². The van der Waals surface area contributed by atoms with Crippen LogP contribution in [0.15, 0.2) is 83.4 Å². The Hall–Kier alpha value is -4.50. The molecule has 186 valence electrons. The fourth-order valence-electron chi connectivity index (χ4n) is 4.50. The molecule has 4 aromatic rings. The van der Waals surface area contributed by atoms with E-state index in [9.17, 15) is 19.8 Å². The lowest BCUT2D eigenvalue weighted by atomic mass is 10.0. The topological polar surface area (TPSA) is 116 Å². The molecule has 1 fully saturated rings. The number of benzene rings is 2. The van der Waals surface area contributed by atoms with Gasteiger partial charge in [0.25, 0.3) is 0 Å². The quantitative estimate of drug-likeness (QED) is 0.276. The molecule has 1 saturated heterocycles. The van der Waals surface area contributed by atoms with Crippen LogP contribution in [0.2, 0.25) is 0 Å². The van der Waals surface area contributed by atoms with Crippen LogP contribution >= 0.6 is 12.2 Å². The van der Waals surface area contributed by atoms with E-state index in [1.165, 1.54) is 17.7 Å². The number of pyridine rings is 1. The maximum Gasteiger partial charge on any atom is 0.335 e. The number of carboxylic acid groups (broad SMARTS) is 2. The zero-order valence-electron chi connectivity index (χ0n) is 19.8. The molecule has 2 aromatic carbocycles. The Morgan fingerprint density at radius 2 is 1.70 bits per heavy atom. The van der Waals surface area contributed by atoms with Crippen molar-refractivity contribution in [1.82, 2.24) is 10.3 Å². The Balaban J connectivity index is 1.60. The minimum absolute atomic E-state index is 0.138. The molecule has 0 radical (unpaired) electrons. The Morgan fingerprint density at radius 1 is 1.00 bits per heavy atom. The summed E-state index contributed by atoms with van der Waals surface area (Å²) in [4.78, 5) is 29.7. The zero-order valence-corrected chi connectivity index (χ0v) is 20.6. The molecule has 0 amide bonds. The van der Waals surface area contributed by atoms with E-state index in [4.69, 9.17) is 16.6 Å². The largest absolute Gasteiger partial charge is 0.478 e. The summed E-state index contributed by atoms with van der Waals surface area (Å²) in [6, 6.07) is 20.5. The third kappa shape index (κ3) is 4.68. The SMILES string of the molecule is CCc1ccc(N2C(=S)N[C@H](c3ccccn3)[C@@H]2c2ccc(-c3cc(C(=O)O)cc(C(=O)O)c3)o2)cc1. The number of thiocarbonyl (C=S) groups is 1. The van der Waals surface area contributed by atoms with E-state index in [1.807, 2.05) is 35.2 Å². The number of aryl methyl sites for hydroxylation is 1. The second kappa shape index (κ2) is 9.87. The molecule has 0 spiro atoms. The summed E-state index contributed by atoms with van der Waals surface area (Å²) in [6.45, 7) is 2.09. The highest BCUT2D eigenvalue weighted by molar-refractivity contribution is 7.80. The van der Waals surface area contributed by atoms with Gasteiger partial charge in [-0.1, -0.05) is 25.1 Å². The zero-order chi connectivity index (χ0) is 26.1. The highest BCUT2D eigenvalue weighted by atomic mass is 32.1. The van der Waals surface area contributed by atoms with Gasteiger partial charge in [-0.05, 0) is 78.8 Å². The summed E-state index contributed by atoms with van der Waals surface area (Å²) < 4.78 is 6.26. The summed E-state index contributed by atoms with van der Waals surface area (Å²) in [5.41, 5.74) is 2.94. The van der Waals surface area contributed by atoms with Gasteiger partial charge in [-0.3, -0.25) is 4.98 Å². The first-order chi connectivity index (χ1) is 17.9. The molecule has 2 atom stereocenters. The average Bonchev–Trinajstić information content (AvgIpc) is 3.53. The van der Waals surface area contributed by atoms with Gasteiger partial charge in [-0.2, -0.15) is 0 Å². The number of anilines is 1. The van der Waals surface area contributed by atoms with Crippen LogP contribution in [0.3, 0.4) is 0 Å². The molecule has 2 aromatic heterocycles. The molecule has 1 aliphatic heterocycles. The molecule has 9 heteroatoms. The molecule has 37 heavy (non-hydrogen) atoms. The van der Waals surface area contributed by atoms with Crippen molar-refractivity contribution in [2.24, 2.45) is 0 Å². The molecule has 1 aliphatic rings. The number of carbonyl (C=O) groups is 2. The Bertz CT molecular complexity index is 1450. The highest BCUT2D eigenvalue weighted by Crippen LogP contribution is 2.43. The maximum atomic E-state index is 11.6. The van der Waals surface area contributed by atoms with Gasteiger partial charge in [0.05, 0.1) is 22.9 Å². The summed E-state index contributed by atoms with van der Waals surface area (Å²) >= 11 is 5.74. The lowest BCUT2D eigenvalue weighted by Crippen LogP contribution is -2.29. The molecule has 5 rings (SSSR count). The molecule has 3 N–H and O–H groups in total. The van der Waals surface area contributed by atoms with E-state index in [-0.39, 0.29) is 17.2 Å². The van der Waals surface area contributed by atoms with E-state index in [1.54, 1.807) is 18.3 Å². The van der Waals surface area contributed by atoms with Crippen molar-refractivity contribution in [2.45, 2.75) is 25.4 Å². The minimum atomic E-state index is -1.22. The molecule has 0 bridgehead atoms. The Labute approximate surface area is 218 Å². The van der Waals surface area contributed by atoms with Crippen molar-refractivity contribution >= 4 is 35.0 Å². The summed E-state index contributed by atoms with van der Waals surface area (Å²) in [6.07, 6.45) is 2.63. The van der Waals surface area contributed by atoms with Crippen molar-refractivity contribution in [3.8, 4) is 11.3 Å². The second-order valence-corrected chi connectivity index (χ2v) is 9.01. The molecule has 0 aliphatic carbocycles. The number of nitrogens with one attached hydrogen (secondary N) is 1. The smallest absolute Gasteiger partial charge is 0.335 e. The van der Waals surface area contributed by atoms with Crippen molar-refractivity contribution < 1.29 is 24.2 Å². The lowest BCUT2D eigenvalue weighted by molar-refractivity contribution is 0.0696. The van der Waals surface area contributed by atoms with E-state index >= 15 is 0 Å². The van der Waals surface area contributed by atoms with Crippen molar-refractivity contribution in [2.75, 3.05) is 4.90 Å². The van der Waals surface area contributed by atoms with Crippen LogP contribution in [-0.2, 0) is 6.42 Å². The number of nitrogens with zero attached hydrogens (tertiary/aromatic N) is 2. The van der Waals surface area contributed by atoms with Crippen molar-refractivity contribution in [3.05, 3.63) is 107 Å². The predicted molar refractivity (Wildman–Crippen MR) is 142 cm³/mol. The summed E-state index contributed by atoms with van der Waals surface area (Å²) in [5, 5.41) is 22.8. The molecular formula is C28H23N3O5S. The predicted octanol–water partition coefficient (Wildman–Crippen LogP) is 5.48. The van der Waals surface area contributed by atoms with Crippen LogP contribution in [0.1, 0.15) is 56.7 Å². The first kappa shape index (κ1) is 24.2. The third-order valence-electron chi connectivity index (χ3n) is 6.35. The minimum Gasteiger partial charge on any atom is -0.478 e. The maximum absolute atomic E-state index is 11.6. The summed E-state index contributed by atoms with van der Waals surface area (Å²) in [7, 11) is 0. The van der Waals surface area contributed by atoms with Crippen LogP contribution in [0.4, 0.5) is 5.69 Å². The molecule has 3 heterocycles. The van der Waals surface area contributed by atoms with Gasteiger partial charge in [-0.15, -0.1) is 0 Å². The Kier molecular flexibility index (Phi) is 6.45. The third-order valence-corrected chi connectivity index (χ3v) is 6.67. The number of furan rings is 1. The average molecular weight is 514 g/mol. The first-order valence-corrected chi connectivity index (χ1v) is 12.1. The monoisotopic (exact) mass is 513 g/mol. The fourth-order valence-corrected chi connectivity index (χ4v) is 4.84. The van der Waals surface area contributed by atoms with Gasteiger partial charge in [0.1, 0.15) is 17.6 Å². The fraction of sp³-hybridized carbons (Fsp3) is 0.143. The number of rotatable bonds is 7. The number of aromatic nitrogens is 1. The molecule has 8 nitrogen and oxygen atoms in total. The van der Waals surface area contributed by atoms with Crippen LogP contribution in [-0.4, -0.2) is 32.2 Å². The standard InChI is InChI=1S/C28H23N3O5S/c1-2-16-6-8-20(9-7-16)31-25(24(30-28(31)37)21-5-3-4-12-29-21)23-11-10-22(36-23)17-13-18(26(32)33)15-19(14-17)27(34)35/h3-15,24-25H,2H2,1H3,(H,30,37)(H,32,33)(H,34,35)/t24-,25+/m1/s1. The van der Waals surface area contributed by atoms with Gasteiger partial charge in [0.15, 0.2) is 5.11 Å². The van der Waals surface area contributed by atoms with E-state index in [0.29, 0.717) is 22.2 Å². The van der Waals surface area contributed by atoms with Gasteiger partial charge < -0.3 is 24.8 Å². The summed E-state index contributed by atoms with van der Waals surface area (Å²) in [5.74, 6) is -1.54. The van der Waals surface area contributed by atoms with Gasteiger partial charge in [-0.25, -0.2) is 9.59 Å². The molecular weight excluding hydrogens is 490 g/mol. The van der Waals surface area contributed by atoms with Gasteiger partial charge in [0.2, 0.25) is 0 Å². The second-order valence-electron chi connectivity index (χ2n) is 8.63. The molecule has 0 unspecified atom stereocenters. The lowest BCUT2D eigenvalue weighted by Gasteiger charge is -2.26. The van der Waals surface area contributed by atoms with Gasteiger partial charge in [0, 0.05) is 17.4 Å². The van der Waals surface area contributed by atoms with E-state index in [2.05, 4.69) is 29.4 Å². The van der Waals surface area contributed by atoms with Crippen LogP contribution in [0, 0.1) is 0 Å². The normalized spacial score (nSPS) is 17.0. The van der Waals surface area contributed by atoms with Crippen LogP contribution < -0.4 is 10.2 Å². The van der Waals surface area contributed by atoms with Gasteiger partial charge >= 0.3 is 11.9 Å². The number of hydrogen-bond acceptors (Lipinski definition) is 5.